The Hall–Kier alpha value is -2.36. The highest BCUT2D eigenvalue weighted by Gasteiger charge is 2.05. The quantitative estimate of drug-likeness (QED) is 0.625. The number of hydrogen-bond acceptors (Lipinski definition) is 3. The van der Waals surface area contributed by atoms with Crippen LogP contribution in [0.1, 0.15) is 0 Å². The van der Waals surface area contributed by atoms with Crippen LogP contribution < -0.4 is 5.73 Å². The van der Waals surface area contributed by atoms with Crippen molar-refractivity contribution >= 4 is 11.5 Å². The molecule has 0 radical (unpaired) electrons. The molecular formula is C12H10N4. The third kappa shape index (κ3) is 1.32. The SMILES string of the molecule is Nc1cccc(-c2cnc3ncccn23)c1. The summed E-state index contributed by atoms with van der Waals surface area (Å²) in [7, 11) is 0. The Balaban J connectivity index is 2.26. The largest absolute Gasteiger partial charge is 0.399 e. The van der Waals surface area contributed by atoms with E-state index >= 15 is 0 Å². The van der Waals surface area contributed by atoms with Crippen molar-refractivity contribution in [2.75, 3.05) is 5.73 Å². The Kier molecular flexibility index (Phi) is 1.86. The number of rotatable bonds is 1. The molecule has 0 saturated heterocycles. The number of nitrogen functional groups attached to an aromatic ring is 1. The number of nitrogens with two attached hydrogens (primary N) is 1. The second kappa shape index (κ2) is 3.34. The van der Waals surface area contributed by atoms with Crippen LogP contribution >= 0.6 is 0 Å². The van der Waals surface area contributed by atoms with E-state index in [9.17, 15) is 0 Å². The van der Waals surface area contributed by atoms with E-state index < -0.39 is 0 Å². The molecule has 1 aromatic carbocycles. The highest BCUT2D eigenvalue weighted by Crippen LogP contribution is 2.21. The highest BCUT2D eigenvalue weighted by atomic mass is 15.1. The first kappa shape index (κ1) is 8.91. The van der Waals surface area contributed by atoms with Crippen LogP contribution in [0.15, 0.2) is 48.9 Å². The first-order chi connectivity index (χ1) is 7.84. The molecule has 0 aliphatic rings. The standard InChI is InChI=1S/C12H10N4/c13-10-4-1-3-9(7-10)11-8-15-12-14-5-2-6-16(11)12/h1-8H,13H2. The van der Waals surface area contributed by atoms with Crippen molar-refractivity contribution in [1.82, 2.24) is 14.4 Å². The molecule has 0 saturated carbocycles. The van der Waals surface area contributed by atoms with Gasteiger partial charge in [0.15, 0.2) is 0 Å². The molecule has 4 nitrogen and oxygen atoms in total. The van der Waals surface area contributed by atoms with Crippen molar-refractivity contribution in [2.24, 2.45) is 0 Å². The molecule has 0 unspecified atom stereocenters. The fraction of sp³-hybridized carbons (Fsp3) is 0. The maximum absolute atomic E-state index is 5.76. The summed E-state index contributed by atoms with van der Waals surface area (Å²) in [5.74, 6) is 0.694. The first-order valence-electron chi connectivity index (χ1n) is 4.98. The first-order valence-corrected chi connectivity index (χ1v) is 4.98. The van der Waals surface area contributed by atoms with Crippen molar-refractivity contribution in [3.63, 3.8) is 0 Å². The smallest absolute Gasteiger partial charge is 0.234 e. The van der Waals surface area contributed by atoms with Gasteiger partial charge in [-0.15, -0.1) is 0 Å². The van der Waals surface area contributed by atoms with Crippen molar-refractivity contribution in [1.29, 1.82) is 0 Å². The summed E-state index contributed by atoms with van der Waals surface area (Å²) in [5.41, 5.74) is 8.55. The van der Waals surface area contributed by atoms with Crippen LogP contribution in [-0.4, -0.2) is 14.4 Å². The van der Waals surface area contributed by atoms with Crippen LogP contribution in [0.25, 0.3) is 17.0 Å². The average molecular weight is 210 g/mol. The van der Waals surface area contributed by atoms with E-state index in [1.165, 1.54) is 0 Å². The molecule has 2 heterocycles. The van der Waals surface area contributed by atoms with Crippen LogP contribution in [0.5, 0.6) is 0 Å². The molecule has 4 heteroatoms. The lowest BCUT2D eigenvalue weighted by atomic mass is 10.1. The van der Waals surface area contributed by atoms with Gasteiger partial charge in [0.05, 0.1) is 11.9 Å². The lowest BCUT2D eigenvalue weighted by molar-refractivity contribution is 1.11. The van der Waals surface area contributed by atoms with E-state index in [4.69, 9.17) is 5.73 Å². The Morgan fingerprint density at radius 1 is 1.12 bits per heavy atom. The molecule has 2 N–H and O–H groups in total. The summed E-state index contributed by atoms with van der Waals surface area (Å²) in [6.07, 6.45) is 5.47. The van der Waals surface area contributed by atoms with E-state index in [-0.39, 0.29) is 0 Å². The molecule has 0 aliphatic carbocycles. The Morgan fingerprint density at radius 3 is 2.94 bits per heavy atom. The summed E-state index contributed by atoms with van der Waals surface area (Å²) in [6.45, 7) is 0. The minimum Gasteiger partial charge on any atom is -0.399 e. The van der Waals surface area contributed by atoms with E-state index in [1.807, 2.05) is 40.9 Å². The molecule has 0 atom stereocenters. The second-order valence-corrected chi connectivity index (χ2v) is 3.56. The zero-order valence-electron chi connectivity index (χ0n) is 8.54. The van der Waals surface area contributed by atoms with Gasteiger partial charge >= 0.3 is 0 Å². The Bertz CT molecular complexity index is 642. The van der Waals surface area contributed by atoms with Gasteiger partial charge < -0.3 is 5.73 Å². The van der Waals surface area contributed by atoms with Crippen LogP contribution in [0, 0.1) is 0 Å². The summed E-state index contributed by atoms with van der Waals surface area (Å²) < 4.78 is 1.94. The number of hydrogen-bond donors (Lipinski definition) is 1. The van der Waals surface area contributed by atoms with Crippen LogP contribution in [-0.2, 0) is 0 Å². The molecule has 16 heavy (non-hydrogen) atoms. The minimum absolute atomic E-state index is 0.694. The summed E-state index contributed by atoms with van der Waals surface area (Å²) in [4.78, 5) is 8.41. The topological polar surface area (TPSA) is 56.2 Å². The molecular weight excluding hydrogens is 200 g/mol. The number of fused-ring (bicyclic) bond motifs is 1. The monoisotopic (exact) mass is 210 g/mol. The predicted octanol–water partition coefficient (Wildman–Crippen LogP) is 1.98. The zero-order chi connectivity index (χ0) is 11.0. The number of nitrogens with zero attached hydrogens (tertiary/aromatic N) is 3. The lowest BCUT2D eigenvalue weighted by Gasteiger charge is -2.01. The normalized spacial score (nSPS) is 10.8. The van der Waals surface area contributed by atoms with Gasteiger partial charge in [0.1, 0.15) is 0 Å². The molecule has 0 bridgehead atoms. The summed E-state index contributed by atoms with van der Waals surface area (Å²) in [6, 6.07) is 9.61. The van der Waals surface area contributed by atoms with E-state index in [0.717, 1.165) is 16.9 Å². The lowest BCUT2D eigenvalue weighted by Crippen LogP contribution is -1.90. The number of aromatic nitrogens is 3. The van der Waals surface area contributed by atoms with Crippen LogP contribution in [0.2, 0.25) is 0 Å². The third-order valence-corrected chi connectivity index (χ3v) is 2.47. The highest BCUT2D eigenvalue weighted by molar-refractivity contribution is 5.66. The molecule has 3 aromatic rings. The fourth-order valence-corrected chi connectivity index (χ4v) is 1.74. The molecule has 0 amide bonds. The van der Waals surface area contributed by atoms with E-state index in [2.05, 4.69) is 9.97 Å². The predicted molar refractivity (Wildman–Crippen MR) is 62.8 cm³/mol. The average Bonchev–Trinajstić information content (AvgIpc) is 2.72. The van der Waals surface area contributed by atoms with E-state index in [1.54, 1.807) is 12.4 Å². The van der Waals surface area contributed by atoms with Gasteiger partial charge in [-0.05, 0) is 18.2 Å². The van der Waals surface area contributed by atoms with Crippen molar-refractivity contribution in [2.45, 2.75) is 0 Å². The van der Waals surface area contributed by atoms with Crippen molar-refractivity contribution in [3.8, 4) is 11.3 Å². The van der Waals surface area contributed by atoms with Crippen LogP contribution in [0.3, 0.4) is 0 Å². The van der Waals surface area contributed by atoms with Crippen LogP contribution in [0.4, 0.5) is 5.69 Å². The molecule has 0 aliphatic heterocycles. The number of imidazole rings is 1. The van der Waals surface area contributed by atoms with Gasteiger partial charge in [-0.3, -0.25) is 4.40 Å². The Morgan fingerprint density at radius 2 is 2.06 bits per heavy atom. The summed E-state index contributed by atoms with van der Waals surface area (Å²) >= 11 is 0. The zero-order valence-corrected chi connectivity index (χ0v) is 8.54. The summed E-state index contributed by atoms with van der Waals surface area (Å²) in [5, 5.41) is 0. The van der Waals surface area contributed by atoms with Crippen molar-refractivity contribution < 1.29 is 0 Å². The molecule has 3 rings (SSSR count). The fourth-order valence-electron chi connectivity index (χ4n) is 1.74. The van der Waals surface area contributed by atoms with Gasteiger partial charge in [0, 0.05) is 23.6 Å². The van der Waals surface area contributed by atoms with E-state index in [0.29, 0.717) is 5.78 Å². The second-order valence-electron chi connectivity index (χ2n) is 3.56. The number of anilines is 1. The minimum atomic E-state index is 0.694. The van der Waals surface area contributed by atoms with Gasteiger partial charge in [-0.25, -0.2) is 9.97 Å². The van der Waals surface area contributed by atoms with Crippen molar-refractivity contribution in [3.05, 3.63) is 48.9 Å². The van der Waals surface area contributed by atoms with Gasteiger partial charge in [-0.1, -0.05) is 12.1 Å². The number of benzene rings is 1. The maximum Gasteiger partial charge on any atom is 0.234 e. The van der Waals surface area contributed by atoms with Gasteiger partial charge in [0.25, 0.3) is 0 Å². The Labute approximate surface area is 92.4 Å². The molecule has 2 aromatic heterocycles. The van der Waals surface area contributed by atoms with Gasteiger partial charge in [0.2, 0.25) is 5.78 Å². The molecule has 78 valence electrons. The molecule has 0 spiro atoms. The van der Waals surface area contributed by atoms with Gasteiger partial charge in [-0.2, -0.15) is 0 Å². The maximum atomic E-state index is 5.76. The molecule has 0 fully saturated rings. The third-order valence-electron chi connectivity index (χ3n) is 2.47.